The minimum absolute atomic E-state index is 0.138. The molecular weight excluding hydrogens is 299 g/mol. The van der Waals surface area contributed by atoms with Crippen LogP contribution in [-0.2, 0) is 16.6 Å². The van der Waals surface area contributed by atoms with E-state index in [0.29, 0.717) is 0 Å². The molecule has 0 unspecified atom stereocenters. The highest BCUT2D eigenvalue weighted by molar-refractivity contribution is 7.89. The molecule has 0 amide bonds. The van der Waals surface area contributed by atoms with Crippen LogP contribution in [0.25, 0.3) is 0 Å². The first-order valence-corrected chi connectivity index (χ1v) is 8.26. The Morgan fingerprint density at radius 1 is 1.30 bits per heavy atom. The van der Waals surface area contributed by atoms with Crippen molar-refractivity contribution in [2.24, 2.45) is 0 Å². The number of thiophene rings is 1. The molecule has 4 nitrogen and oxygen atoms in total. The van der Waals surface area contributed by atoms with Crippen LogP contribution >= 0.6 is 11.3 Å². The number of hydrogen-bond acceptors (Lipinski definition) is 4. The van der Waals surface area contributed by atoms with Crippen molar-refractivity contribution >= 4 is 27.0 Å². The summed E-state index contributed by atoms with van der Waals surface area (Å²) < 4.78 is 40.7. The second-order valence-electron chi connectivity index (χ2n) is 4.50. The topological polar surface area (TPSA) is 72.2 Å². The van der Waals surface area contributed by atoms with Gasteiger partial charge in [-0.2, -0.15) is 0 Å². The normalized spacial score (nSPS) is 11.8. The zero-order valence-corrected chi connectivity index (χ0v) is 12.7. The monoisotopic (exact) mass is 314 g/mol. The number of rotatable bonds is 4. The maximum Gasteiger partial charge on any atom is 0.243 e. The van der Waals surface area contributed by atoms with E-state index in [1.165, 1.54) is 24.3 Å². The number of hydrogen-bond donors (Lipinski definition) is 2. The molecule has 1 aromatic heterocycles. The maximum absolute atomic E-state index is 14.0. The lowest BCUT2D eigenvalue weighted by molar-refractivity contribution is 0.553. The third-order valence-electron chi connectivity index (χ3n) is 2.92. The largest absolute Gasteiger partial charge is 0.399 e. The number of halogens is 1. The van der Waals surface area contributed by atoms with Gasteiger partial charge in [0.25, 0.3) is 0 Å². The minimum Gasteiger partial charge on any atom is -0.399 e. The summed E-state index contributed by atoms with van der Waals surface area (Å²) in [5.41, 5.74) is 7.01. The van der Waals surface area contributed by atoms with Gasteiger partial charge < -0.3 is 5.73 Å². The van der Waals surface area contributed by atoms with Crippen LogP contribution in [0.5, 0.6) is 0 Å². The average Bonchev–Trinajstić information content (AvgIpc) is 2.77. The lowest BCUT2D eigenvalue weighted by atomic mass is 10.2. The van der Waals surface area contributed by atoms with E-state index in [-0.39, 0.29) is 17.8 Å². The quantitative estimate of drug-likeness (QED) is 0.852. The summed E-state index contributed by atoms with van der Waals surface area (Å²) in [4.78, 5) is 0.485. The second kappa shape index (κ2) is 5.51. The molecule has 0 aliphatic carbocycles. The van der Waals surface area contributed by atoms with Crippen molar-refractivity contribution in [3.63, 3.8) is 0 Å². The molecule has 0 atom stereocenters. The van der Waals surface area contributed by atoms with Crippen molar-refractivity contribution in [1.82, 2.24) is 4.72 Å². The molecule has 0 spiro atoms. The molecule has 2 rings (SSSR count). The molecule has 0 radical (unpaired) electrons. The standard InChI is InChI=1S/C13H15FN2O2S2/c1-8-3-4-19-11(8)7-16-20(17,18)12-6-10(15)5-9(2)13(12)14/h3-6,16H,7,15H2,1-2H3. The number of sulfonamides is 1. The summed E-state index contributed by atoms with van der Waals surface area (Å²) in [7, 11) is -3.93. The van der Waals surface area contributed by atoms with Crippen LogP contribution in [-0.4, -0.2) is 8.42 Å². The van der Waals surface area contributed by atoms with Crippen LogP contribution in [0.15, 0.2) is 28.5 Å². The molecular formula is C13H15FN2O2S2. The van der Waals surface area contributed by atoms with E-state index in [4.69, 9.17) is 5.73 Å². The first-order chi connectivity index (χ1) is 9.31. The van der Waals surface area contributed by atoms with Crippen molar-refractivity contribution in [3.8, 4) is 0 Å². The summed E-state index contributed by atoms with van der Waals surface area (Å²) >= 11 is 1.45. The lowest BCUT2D eigenvalue weighted by Crippen LogP contribution is -2.24. The fourth-order valence-corrected chi connectivity index (χ4v) is 3.90. The number of nitrogens with one attached hydrogen (secondary N) is 1. The number of anilines is 1. The van der Waals surface area contributed by atoms with E-state index in [1.54, 1.807) is 0 Å². The molecule has 7 heteroatoms. The Morgan fingerprint density at radius 3 is 2.60 bits per heavy atom. The fourth-order valence-electron chi connectivity index (χ4n) is 1.78. The van der Waals surface area contributed by atoms with E-state index in [1.807, 2.05) is 18.4 Å². The van der Waals surface area contributed by atoms with Gasteiger partial charge in [-0.25, -0.2) is 17.5 Å². The Morgan fingerprint density at radius 2 is 2.00 bits per heavy atom. The van der Waals surface area contributed by atoms with Gasteiger partial charge in [0.2, 0.25) is 10.0 Å². The number of benzene rings is 1. The summed E-state index contributed by atoms with van der Waals surface area (Å²) in [6, 6.07) is 4.43. The van der Waals surface area contributed by atoms with Crippen LogP contribution < -0.4 is 10.5 Å². The van der Waals surface area contributed by atoms with Crippen molar-refractivity contribution in [2.45, 2.75) is 25.3 Å². The molecule has 0 saturated heterocycles. The van der Waals surface area contributed by atoms with Gasteiger partial charge in [-0.15, -0.1) is 11.3 Å². The summed E-state index contributed by atoms with van der Waals surface area (Å²) in [6.07, 6.45) is 0. The Kier molecular flexibility index (Phi) is 4.12. The summed E-state index contributed by atoms with van der Waals surface area (Å²) in [5, 5.41) is 1.88. The summed E-state index contributed by atoms with van der Waals surface area (Å²) in [6.45, 7) is 3.51. The molecule has 0 bridgehead atoms. The van der Waals surface area contributed by atoms with Gasteiger partial charge in [0.05, 0.1) is 0 Å². The SMILES string of the molecule is Cc1ccsc1CNS(=O)(=O)c1cc(N)cc(C)c1F. The fraction of sp³-hybridized carbons (Fsp3) is 0.231. The summed E-state index contributed by atoms with van der Waals surface area (Å²) in [5.74, 6) is -0.769. The predicted molar refractivity (Wildman–Crippen MR) is 78.6 cm³/mol. The Labute approximate surface area is 121 Å². The molecule has 3 N–H and O–H groups in total. The average molecular weight is 314 g/mol. The maximum atomic E-state index is 14.0. The first-order valence-electron chi connectivity index (χ1n) is 5.89. The van der Waals surface area contributed by atoms with Crippen LogP contribution in [0.3, 0.4) is 0 Å². The Bertz CT molecular complexity index is 739. The first kappa shape index (κ1) is 15.0. The number of aryl methyl sites for hydroxylation is 2. The molecule has 0 aliphatic heterocycles. The highest BCUT2D eigenvalue weighted by Gasteiger charge is 2.21. The van der Waals surface area contributed by atoms with Crippen molar-refractivity contribution in [2.75, 3.05) is 5.73 Å². The van der Waals surface area contributed by atoms with Crippen LogP contribution in [0.1, 0.15) is 16.0 Å². The molecule has 0 aliphatic rings. The number of nitrogens with two attached hydrogens (primary N) is 1. The minimum atomic E-state index is -3.93. The Balaban J connectivity index is 2.29. The van der Waals surface area contributed by atoms with E-state index in [0.717, 1.165) is 16.5 Å². The molecule has 0 saturated carbocycles. The van der Waals surface area contributed by atoms with E-state index in [2.05, 4.69) is 4.72 Å². The van der Waals surface area contributed by atoms with Gasteiger partial charge in [0.1, 0.15) is 10.7 Å². The van der Waals surface area contributed by atoms with Gasteiger partial charge in [0, 0.05) is 17.1 Å². The second-order valence-corrected chi connectivity index (χ2v) is 7.24. The van der Waals surface area contributed by atoms with Crippen molar-refractivity contribution in [1.29, 1.82) is 0 Å². The van der Waals surface area contributed by atoms with E-state index >= 15 is 0 Å². The van der Waals surface area contributed by atoms with E-state index in [9.17, 15) is 12.8 Å². The van der Waals surface area contributed by atoms with Crippen LogP contribution in [0.4, 0.5) is 10.1 Å². The molecule has 2 aromatic rings. The molecule has 0 fully saturated rings. The molecule has 1 heterocycles. The van der Waals surface area contributed by atoms with Gasteiger partial charge in [0.15, 0.2) is 0 Å². The highest BCUT2D eigenvalue weighted by atomic mass is 32.2. The lowest BCUT2D eigenvalue weighted by Gasteiger charge is -2.10. The zero-order chi connectivity index (χ0) is 14.9. The highest BCUT2D eigenvalue weighted by Crippen LogP contribution is 2.22. The molecule has 20 heavy (non-hydrogen) atoms. The predicted octanol–water partition coefficient (Wildman–Crippen LogP) is 2.56. The van der Waals surface area contributed by atoms with E-state index < -0.39 is 20.7 Å². The third kappa shape index (κ3) is 3.00. The van der Waals surface area contributed by atoms with Crippen LogP contribution in [0.2, 0.25) is 0 Å². The van der Waals surface area contributed by atoms with Gasteiger partial charge >= 0.3 is 0 Å². The third-order valence-corrected chi connectivity index (χ3v) is 5.35. The molecule has 1 aromatic carbocycles. The number of nitrogen functional groups attached to an aromatic ring is 1. The van der Waals surface area contributed by atoms with Gasteiger partial charge in [-0.05, 0) is 48.6 Å². The zero-order valence-electron chi connectivity index (χ0n) is 11.1. The van der Waals surface area contributed by atoms with Crippen LogP contribution in [0, 0.1) is 19.7 Å². The Hall–Kier alpha value is -1.44. The van der Waals surface area contributed by atoms with Gasteiger partial charge in [-0.1, -0.05) is 0 Å². The smallest absolute Gasteiger partial charge is 0.243 e. The molecule has 108 valence electrons. The van der Waals surface area contributed by atoms with Gasteiger partial charge in [-0.3, -0.25) is 0 Å². The van der Waals surface area contributed by atoms with Crippen molar-refractivity contribution < 1.29 is 12.8 Å². The van der Waals surface area contributed by atoms with Crippen molar-refractivity contribution in [3.05, 3.63) is 45.4 Å².